The Labute approximate surface area is 234 Å². The minimum Gasteiger partial charge on any atom is -0.501 e. The maximum Gasteiger partial charge on any atom is 0.157 e. The molecule has 4 atom stereocenters. The number of rotatable bonds is 7. The van der Waals surface area contributed by atoms with Gasteiger partial charge in [-0.15, -0.1) is 11.6 Å². The number of alkyl halides is 1. The number of thioether (sulfide) groups is 1. The Morgan fingerprint density at radius 1 is 1.24 bits per heavy atom. The minimum atomic E-state index is 0. The van der Waals surface area contributed by atoms with E-state index in [9.17, 15) is 0 Å². The van der Waals surface area contributed by atoms with Crippen LogP contribution in [0.1, 0.15) is 60.8 Å². The number of nitrogens with one attached hydrogen (secondary N) is 1. The normalized spacial score (nSPS) is 27.9. The molecule has 5 N–H and O–H groups in total. The molecule has 0 aromatic heterocycles. The minimum absolute atomic E-state index is 0. The van der Waals surface area contributed by atoms with Gasteiger partial charge in [0.1, 0.15) is 0 Å². The number of piperidine rings is 1. The summed E-state index contributed by atoms with van der Waals surface area (Å²) >= 11 is 8.15. The zero-order valence-electron chi connectivity index (χ0n) is 22.5. The van der Waals surface area contributed by atoms with Crippen LogP contribution in [0.2, 0.25) is 0 Å². The third kappa shape index (κ3) is 8.62. The second-order valence-corrected chi connectivity index (χ2v) is 12.8. The molecule has 2 unspecified atom stereocenters. The number of likely N-dealkylation sites (tertiary alicyclic amines) is 1. The number of aliphatic imine (C=N–C) groups is 1. The molecule has 0 amide bonds. The van der Waals surface area contributed by atoms with Crippen molar-refractivity contribution in [1.29, 1.82) is 0 Å². The van der Waals surface area contributed by atoms with Gasteiger partial charge in [-0.05, 0) is 60.3 Å². The van der Waals surface area contributed by atoms with E-state index in [2.05, 4.69) is 68.3 Å². The molecule has 6 nitrogen and oxygen atoms in total. The van der Waals surface area contributed by atoms with Gasteiger partial charge in [-0.25, -0.2) is 0 Å². The van der Waals surface area contributed by atoms with Gasteiger partial charge in [-0.1, -0.05) is 71.2 Å². The van der Waals surface area contributed by atoms with Crippen molar-refractivity contribution in [1.82, 2.24) is 10.2 Å². The van der Waals surface area contributed by atoms with Crippen molar-refractivity contribution in [3.05, 3.63) is 47.3 Å². The van der Waals surface area contributed by atoms with Crippen LogP contribution in [0.15, 0.2) is 52.3 Å². The molecule has 0 bridgehead atoms. The number of hydrogen-bond acceptors (Lipinski definition) is 5. The molecule has 1 fully saturated rings. The summed E-state index contributed by atoms with van der Waals surface area (Å²) in [7, 11) is 1.76. The van der Waals surface area contributed by atoms with Gasteiger partial charge >= 0.3 is 0 Å². The highest BCUT2D eigenvalue weighted by molar-refractivity contribution is 8.14. The Kier molecular flexibility index (Phi) is 13.5. The van der Waals surface area contributed by atoms with Crippen molar-refractivity contribution in [2.24, 2.45) is 22.2 Å². The van der Waals surface area contributed by atoms with Gasteiger partial charge in [0.2, 0.25) is 0 Å². The van der Waals surface area contributed by atoms with Gasteiger partial charge < -0.3 is 25.9 Å². The van der Waals surface area contributed by atoms with E-state index < -0.39 is 0 Å². The zero-order valence-corrected chi connectivity index (χ0v) is 24.1. The van der Waals surface area contributed by atoms with E-state index in [-0.39, 0.29) is 29.2 Å². The summed E-state index contributed by atoms with van der Waals surface area (Å²) in [6.45, 7) is 12.9. The van der Waals surface area contributed by atoms with Gasteiger partial charge in [0.05, 0.1) is 24.3 Å². The average molecular weight is 556 g/mol. The maximum absolute atomic E-state index is 6.27. The molecule has 0 aromatic carbocycles. The number of methoxy groups -OCH3 is 1. The number of amidine groups is 1. The molecule has 8 heteroatoms. The number of allylic oxidation sites excluding steroid dienone is 7. The van der Waals surface area contributed by atoms with Crippen molar-refractivity contribution in [2.75, 3.05) is 32.5 Å². The summed E-state index contributed by atoms with van der Waals surface area (Å²) < 4.78 is 5.38. The second-order valence-electron chi connectivity index (χ2n) is 11.2. The predicted octanol–water partition coefficient (Wildman–Crippen LogP) is 5.15. The van der Waals surface area contributed by atoms with Gasteiger partial charge in [0, 0.05) is 31.3 Å². The Bertz CT molecular complexity index is 897. The fourth-order valence-corrected chi connectivity index (χ4v) is 6.90. The molecule has 37 heavy (non-hydrogen) atoms. The van der Waals surface area contributed by atoms with E-state index in [0.29, 0.717) is 23.9 Å². The summed E-state index contributed by atoms with van der Waals surface area (Å²) in [4.78, 5) is 7.74. The van der Waals surface area contributed by atoms with Crippen LogP contribution in [-0.2, 0) is 4.74 Å². The summed E-state index contributed by atoms with van der Waals surface area (Å²) in [6.07, 6.45) is 15.4. The first-order chi connectivity index (χ1) is 16.2. The van der Waals surface area contributed by atoms with E-state index >= 15 is 0 Å². The Morgan fingerprint density at radius 2 is 2.00 bits per heavy atom. The average Bonchev–Trinajstić information content (AvgIpc) is 3.27. The van der Waals surface area contributed by atoms with Crippen molar-refractivity contribution in [3.8, 4) is 0 Å². The Morgan fingerprint density at radius 3 is 2.57 bits per heavy atom. The number of nitrogens with zero attached hydrogens (tertiary/aromatic N) is 2. The molecule has 0 aromatic rings. The first-order valence-electron chi connectivity index (χ1n) is 12.9. The highest BCUT2D eigenvalue weighted by Gasteiger charge is 2.38. The second kappa shape index (κ2) is 14.8. The highest BCUT2D eigenvalue weighted by Crippen LogP contribution is 2.41. The van der Waals surface area contributed by atoms with E-state index in [1.807, 2.05) is 11.8 Å². The smallest absolute Gasteiger partial charge is 0.157 e. The van der Waals surface area contributed by atoms with Crippen molar-refractivity contribution < 1.29 is 15.7 Å². The van der Waals surface area contributed by atoms with Crippen LogP contribution in [0.4, 0.5) is 0 Å². The molecule has 2 aliphatic carbocycles. The lowest BCUT2D eigenvalue weighted by molar-refractivity contribution is 0.0653. The van der Waals surface area contributed by atoms with E-state index in [0.717, 1.165) is 55.6 Å². The van der Waals surface area contributed by atoms with Gasteiger partial charge in [-0.2, -0.15) is 0 Å². The molecule has 0 saturated carbocycles. The van der Waals surface area contributed by atoms with Gasteiger partial charge in [-0.3, -0.25) is 4.99 Å². The van der Waals surface area contributed by atoms with Crippen molar-refractivity contribution in [2.45, 2.75) is 78.3 Å². The van der Waals surface area contributed by atoms with Gasteiger partial charge in [0.25, 0.3) is 0 Å². The number of ether oxygens (including phenoxy) is 1. The maximum atomic E-state index is 6.27. The number of halogens is 1. The van der Waals surface area contributed by atoms with Crippen LogP contribution in [0, 0.1) is 17.3 Å². The van der Waals surface area contributed by atoms with Crippen LogP contribution in [0.5, 0.6) is 0 Å². The monoisotopic (exact) mass is 555 g/mol. The van der Waals surface area contributed by atoms with Crippen molar-refractivity contribution in [3.63, 3.8) is 0 Å². The predicted molar refractivity (Wildman–Crippen MR) is 162 cm³/mol. The van der Waals surface area contributed by atoms with E-state index in [4.69, 9.17) is 21.3 Å². The van der Waals surface area contributed by atoms with E-state index in [1.54, 1.807) is 7.11 Å². The molecule has 212 valence electrons. The molecule has 2 heterocycles. The van der Waals surface area contributed by atoms with Crippen LogP contribution < -0.4 is 5.32 Å². The highest BCUT2D eigenvalue weighted by atomic mass is 35.5. The Balaban J connectivity index is 0.00000228. The van der Waals surface area contributed by atoms with Crippen LogP contribution in [0.3, 0.4) is 0 Å². The lowest BCUT2D eigenvalue weighted by Gasteiger charge is -2.46. The fraction of sp³-hybridized carbons (Fsp3) is 0.690. The third-order valence-corrected chi connectivity index (χ3v) is 9.14. The Hall–Kier alpha value is -1.25. The lowest BCUT2D eigenvalue weighted by atomic mass is 9.69. The first kappa shape index (κ1) is 33.8. The fourth-order valence-electron chi connectivity index (χ4n) is 5.70. The quantitative estimate of drug-likeness (QED) is 0.439. The van der Waals surface area contributed by atoms with E-state index in [1.165, 1.54) is 17.6 Å². The zero-order chi connectivity index (χ0) is 24.3. The molecular weight excluding hydrogens is 506 g/mol. The van der Waals surface area contributed by atoms with Crippen LogP contribution >= 0.6 is 23.4 Å². The molecule has 0 radical (unpaired) electrons. The molecule has 1 saturated heterocycles. The summed E-state index contributed by atoms with van der Waals surface area (Å²) in [5, 5.41) is 5.11. The SMILES string of the molecule is C.COC1=CC=C(C2CSC(N[C@@H](CN3CC[C@H](C4=CCC(Cl)C=C4)C(C)(C)C3)C(C)C)=N2)CC1.O.O. The molecule has 4 rings (SSSR count). The third-order valence-electron chi connectivity index (χ3n) is 7.84. The largest absolute Gasteiger partial charge is 0.501 e. The van der Waals surface area contributed by atoms with Gasteiger partial charge in [0.15, 0.2) is 5.17 Å². The first-order valence-corrected chi connectivity index (χ1v) is 14.3. The standard InChI is InChI=1S/C28H42ClN3OS.CH4.2H2O/c1-19(2)25(30-27-31-26(17-34-27)21-8-12-23(33-5)13-9-21)16-32-15-14-24(28(3,4)18-32)20-6-10-22(29)11-7-20;;;/h6-8,10,12,19,22,24-26H,9,11,13-18H2,1-5H3,(H,30,31);1H4;2*1H2/t22?,24-,25+,26?;;;/m1.../s1. The molecule has 2 aliphatic heterocycles. The summed E-state index contributed by atoms with van der Waals surface area (Å²) in [5.74, 6) is 3.28. The van der Waals surface area contributed by atoms with Crippen molar-refractivity contribution >= 4 is 28.5 Å². The lowest BCUT2D eigenvalue weighted by Crippen LogP contribution is -2.52. The van der Waals surface area contributed by atoms with Crippen LogP contribution in [0.25, 0.3) is 0 Å². The molecule has 4 aliphatic rings. The summed E-state index contributed by atoms with van der Waals surface area (Å²) in [6, 6.07) is 0.706. The molecule has 0 spiro atoms. The topological polar surface area (TPSA) is 99.9 Å². The van der Waals surface area contributed by atoms with Crippen LogP contribution in [-0.4, -0.2) is 71.0 Å². The number of hydrogen-bond donors (Lipinski definition) is 1. The summed E-state index contributed by atoms with van der Waals surface area (Å²) in [5.41, 5.74) is 3.18. The molecular formula is C29H50ClN3O3S.